The number of hydrogen-bond donors (Lipinski definition) is 2. The number of benzene rings is 1. The van der Waals surface area contributed by atoms with Gasteiger partial charge >= 0.3 is 0 Å². The van der Waals surface area contributed by atoms with Crippen LogP contribution in [0, 0.1) is 0 Å². The predicted molar refractivity (Wildman–Crippen MR) is 86.1 cm³/mol. The quantitative estimate of drug-likeness (QED) is 0.774. The molecule has 0 aromatic heterocycles. The summed E-state index contributed by atoms with van der Waals surface area (Å²) in [5.74, 6) is 0. The Balaban J connectivity index is 2.74. The first kappa shape index (κ1) is 18.1. The first-order valence-corrected chi connectivity index (χ1v) is 9.40. The molecule has 0 radical (unpaired) electrons. The molecule has 1 aromatic rings. The fourth-order valence-electron chi connectivity index (χ4n) is 2.49. The minimum Gasteiger partial charge on any atom is -0.387 e. The van der Waals surface area contributed by atoms with Gasteiger partial charge in [0.1, 0.15) is 0 Å². The van der Waals surface area contributed by atoms with Gasteiger partial charge in [-0.1, -0.05) is 32.9 Å². The SMILES string of the molecule is CCC(CC)(CC)NCC(O)c1ccc(S(C)(=O)=O)cc1. The van der Waals surface area contributed by atoms with Crippen molar-refractivity contribution in [1.29, 1.82) is 0 Å². The molecule has 1 unspecified atom stereocenters. The molecule has 0 saturated carbocycles. The third-order valence-electron chi connectivity index (χ3n) is 4.39. The van der Waals surface area contributed by atoms with Crippen LogP contribution in [0.1, 0.15) is 51.7 Å². The fourth-order valence-corrected chi connectivity index (χ4v) is 3.12. The average molecular weight is 313 g/mol. The maximum atomic E-state index is 11.4. The molecule has 0 aliphatic carbocycles. The molecule has 0 spiro atoms. The molecule has 1 aromatic carbocycles. The summed E-state index contributed by atoms with van der Waals surface area (Å²) in [6, 6.07) is 6.43. The summed E-state index contributed by atoms with van der Waals surface area (Å²) in [7, 11) is -3.19. The summed E-state index contributed by atoms with van der Waals surface area (Å²) in [4.78, 5) is 0.274. The smallest absolute Gasteiger partial charge is 0.175 e. The zero-order valence-corrected chi connectivity index (χ0v) is 14.2. The van der Waals surface area contributed by atoms with E-state index >= 15 is 0 Å². The molecule has 0 saturated heterocycles. The van der Waals surface area contributed by atoms with Crippen molar-refractivity contribution in [3.63, 3.8) is 0 Å². The summed E-state index contributed by atoms with van der Waals surface area (Å²) >= 11 is 0. The number of sulfone groups is 1. The molecule has 4 nitrogen and oxygen atoms in total. The van der Waals surface area contributed by atoms with Gasteiger partial charge in [-0.3, -0.25) is 0 Å². The highest BCUT2D eigenvalue weighted by atomic mass is 32.2. The number of aliphatic hydroxyl groups is 1. The van der Waals surface area contributed by atoms with E-state index in [1.54, 1.807) is 24.3 Å². The first-order chi connectivity index (χ1) is 9.78. The van der Waals surface area contributed by atoms with Crippen molar-refractivity contribution in [3.8, 4) is 0 Å². The maximum Gasteiger partial charge on any atom is 0.175 e. The van der Waals surface area contributed by atoms with E-state index in [-0.39, 0.29) is 10.4 Å². The highest BCUT2D eigenvalue weighted by molar-refractivity contribution is 7.90. The van der Waals surface area contributed by atoms with Gasteiger partial charge in [0.2, 0.25) is 0 Å². The van der Waals surface area contributed by atoms with Crippen molar-refractivity contribution < 1.29 is 13.5 Å². The minimum absolute atomic E-state index is 0.0632. The predicted octanol–water partition coefficient (Wildman–Crippen LogP) is 2.68. The van der Waals surface area contributed by atoms with Crippen LogP contribution >= 0.6 is 0 Å². The Kier molecular flexibility index (Phi) is 6.38. The molecule has 2 N–H and O–H groups in total. The first-order valence-electron chi connectivity index (χ1n) is 7.51. The fraction of sp³-hybridized carbons (Fsp3) is 0.625. The lowest BCUT2D eigenvalue weighted by molar-refractivity contribution is 0.150. The van der Waals surface area contributed by atoms with E-state index < -0.39 is 15.9 Å². The minimum atomic E-state index is -3.19. The van der Waals surface area contributed by atoms with E-state index in [9.17, 15) is 13.5 Å². The summed E-state index contributed by atoms with van der Waals surface area (Å²) in [6.07, 6.45) is 3.58. The number of hydrogen-bond acceptors (Lipinski definition) is 4. The molecular weight excluding hydrogens is 286 g/mol. The Bertz CT molecular complexity index is 525. The molecule has 0 bridgehead atoms. The Hall–Kier alpha value is -0.910. The van der Waals surface area contributed by atoms with Gasteiger partial charge in [-0.2, -0.15) is 0 Å². The molecule has 5 heteroatoms. The summed E-state index contributed by atoms with van der Waals surface area (Å²) < 4.78 is 22.8. The number of nitrogens with one attached hydrogen (secondary N) is 1. The van der Waals surface area contributed by atoms with Crippen molar-refractivity contribution in [2.45, 2.75) is 56.6 Å². The Morgan fingerprint density at radius 3 is 1.95 bits per heavy atom. The van der Waals surface area contributed by atoms with Crippen LogP contribution in [0.5, 0.6) is 0 Å². The van der Waals surface area contributed by atoms with Crippen molar-refractivity contribution in [2.24, 2.45) is 0 Å². The molecule has 1 rings (SSSR count). The third-order valence-corrected chi connectivity index (χ3v) is 5.52. The second-order valence-corrected chi connectivity index (χ2v) is 7.59. The zero-order chi connectivity index (χ0) is 16.1. The van der Waals surface area contributed by atoms with Gasteiger partial charge in [0.15, 0.2) is 9.84 Å². The largest absolute Gasteiger partial charge is 0.387 e. The maximum absolute atomic E-state index is 11.4. The highest BCUT2D eigenvalue weighted by Crippen LogP contribution is 2.21. The van der Waals surface area contributed by atoms with Gasteiger partial charge in [0, 0.05) is 18.3 Å². The van der Waals surface area contributed by atoms with Gasteiger partial charge in [0.25, 0.3) is 0 Å². The Morgan fingerprint density at radius 1 is 1.10 bits per heavy atom. The topological polar surface area (TPSA) is 66.4 Å². The molecule has 0 amide bonds. The molecule has 0 fully saturated rings. The standard InChI is InChI=1S/C16H27NO3S/c1-5-16(6-2,7-3)17-12-15(18)13-8-10-14(11-9-13)21(4,19)20/h8-11,15,17-18H,5-7,12H2,1-4H3. The van der Waals surface area contributed by atoms with E-state index in [1.807, 2.05) is 0 Å². The van der Waals surface area contributed by atoms with Crippen molar-refractivity contribution in [1.82, 2.24) is 5.32 Å². The van der Waals surface area contributed by atoms with Crippen LogP contribution in [0.4, 0.5) is 0 Å². The van der Waals surface area contributed by atoms with E-state index in [2.05, 4.69) is 26.1 Å². The molecule has 0 heterocycles. The van der Waals surface area contributed by atoms with Crippen LogP contribution in [-0.4, -0.2) is 31.9 Å². The zero-order valence-electron chi connectivity index (χ0n) is 13.4. The normalized spacial score (nSPS) is 14.1. The summed E-state index contributed by atoms with van der Waals surface area (Å²) in [5.41, 5.74) is 0.792. The van der Waals surface area contributed by atoms with E-state index in [1.165, 1.54) is 6.26 Å². The van der Waals surface area contributed by atoms with Crippen molar-refractivity contribution in [3.05, 3.63) is 29.8 Å². The second kappa shape index (κ2) is 7.38. The molecule has 0 aliphatic rings. The molecule has 0 aliphatic heterocycles. The number of rotatable bonds is 8. The van der Waals surface area contributed by atoms with Crippen LogP contribution in [0.2, 0.25) is 0 Å². The molecular formula is C16H27NO3S. The monoisotopic (exact) mass is 313 g/mol. The number of β-amino-alcohol motifs (C(OH)–C–C–N with tert-alkyl or cyclic N) is 1. The van der Waals surface area contributed by atoms with Gasteiger partial charge in [-0.25, -0.2) is 8.42 Å². The van der Waals surface area contributed by atoms with E-state index in [4.69, 9.17) is 0 Å². The molecule has 21 heavy (non-hydrogen) atoms. The van der Waals surface area contributed by atoms with E-state index in [0.29, 0.717) is 6.54 Å². The summed E-state index contributed by atoms with van der Waals surface area (Å²) in [6.45, 7) is 6.90. The van der Waals surface area contributed by atoms with Crippen molar-refractivity contribution in [2.75, 3.05) is 12.8 Å². The van der Waals surface area contributed by atoms with Gasteiger partial charge in [0.05, 0.1) is 11.0 Å². The van der Waals surface area contributed by atoms with Gasteiger partial charge in [-0.05, 0) is 37.0 Å². The average Bonchev–Trinajstić information content (AvgIpc) is 2.48. The van der Waals surface area contributed by atoms with Gasteiger partial charge < -0.3 is 10.4 Å². The Labute approximate surface area is 128 Å². The van der Waals surface area contributed by atoms with Crippen LogP contribution in [-0.2, 0) is 9.84 Å². The molecule has 1 atom stereocenters. The lowest BCUT2D eigenvalue weighted by Gasteiger charge is -2.33. The van der Waals surface area contributed by atoms with Crippen LogP contribution in [0.25, 0.3) is 0 Å². The highest BCUT2D eigenvalue weighted by Gasteiger charge is 2.24. The van der Waals surface area contributed by atoms with E-state index in [0.717, 1.165) is 24.8 Å². The third kappa shape index (κ3) is 4.80. The lowest BCUT2D eigenvalue weighted by atomic mass is 9.89. The Morgan fingerprint density at radius 2 is 1.57 bits per heavy atom. The van der Waals surface area contributed by atoms with Gasteiger partial charge in [-0.15, -0.1) is 0 Å². The molecule has 120 valence electrons. The van der Waals surface area contributed by atoms with Crippen LogP contribution < -0.4 is 5.32 Å². The van der Waals surface area contributed by atoms with Crippen LogP contribution in [0.15, 0.2) is 29.2 Å². The van der Waals surface area contributed by atoms with Crippen LogP contribution in [0.3, 0.4) is 0 Å². The van der Waals surface area contributed by atoms with Crippen molar-refractivity contribution >= 4 is 9.84 Å². The lowest BCUT2D eigenvalue weighted by Crippen LogP contribution is -2.45. The summed E-state index contributed by atoms with van der Waals surface area (Å²) in [5, 5.41) is 13.7. The second-order valence-electron chi connectivity index (χ2n) is 5.58. The number of aliphatic hydroxyl groups excluding tert-OH is 1.